The summed E-state index contributed by atoms with van der Waals surface area (Å²) in [4.78, 5) is 23.5. The van der Waals surface area contributed by atoms with Crippen molar-refractivity contribution in [2.45, 2.75) is 5.16 Å². The van der Waals surface area contributed by atoms with Gasteiger partial charge in [-0.1, -0.05) is 42.1 Å². The lowest BCUT2D eigenvalue weighted by Gasteiger charge is -1.99. The number of thioether (sulfide) groups is 1. The van der Waals surface area contributed by atoms with Crippen LogP contribution in [0.4, 0.5) is 10.8 Å². The van der Waals surface area contributed by atoms with Gasteiger partial charge in [-0.05, 0) is 17.8 Å². The molecule has 4 rings (SSSR count). The first-order valence-electron chi connectivity index (χ1n) is 7.60. The quantitative estimate of drug-likeness (QED) is 0.327. The average molecular weight is 383 g/mol. The Labute approximate surface area is 156 Å². The average Bonchev–Trinajstić information content (AvgIpc) is 3.21. The third-order valence-corrected chi connectivity index (χ3v) is 5.05. The van der Waals surface area contributed by atoms with Gasteiger partial charge in [0.25, 0.3) is 0 Å². The van der Waals surface area contributed by atoms with Gasteiger partial charge in [0.2, 0.25) is 0 Å². The number of azo groups is 1. The molecule has 0 saturated heterocycles. The molecule has 1 N–H and O–H groups in total. The lowest BCUT2D eigenvalue weighted by Crippen LogP contribution is -2.11. The second-order valence-corrected chi connectivity index (χ2v) is 6.86. The van der Waals surface area contributed by atoms with Gasteiger partial charge < -0.3 is 4.98 Å². The van der Waals surface area contributed by atoms with E-state index in [-0.39, 0.29) is 5.69 Å². The Morgan fingerprint density at radius 1 is 1.23 bits per heavy atom. The van der Waals surface area contributed by atoms with Crippen molar-refractivity contribution in [2.75, 3.05) is 6.26 Å². The lowest BCUT2D eigenvalue weighted by molar-refractivity contribution is 0.854. The fourth-order valence-electron chi connectivity index (χ4n) is 2.41. The first-order valence-corrected chi connectivity index (χ1v) is 9.59. The maximum Gasteiger partial charge on any atom is 0.327 e. The molecule has 0 fully saturated rings. The Bertz CT molecular complexity index is 1160. The van der Waals surface area contributed by atoms with Crippen LogP contribution in [0.5, 0.6) is 0 Å². The molecule has 0 spiro atoms. The van der Waals surface area contributed by atoms with Gasteiger partial charge in [-0.25, -0.2) is 14.8 Å². The van der Waals surface area contributed by atoms with Gasteiger partial charge in [0.15, 0.2) is 21.6 Å². The van der Waals surface area contributed by atoms with E-state index in [1.807, 2.05) is 36.6 Å². The van der Waals surface area contributed by atoms with Crippen molar-refractivity contribution in [2.24, 2.45) is 17.3 Å². The third kappa shape index (κ3) is 2.93. The Hall–Kier alpha value is -2.85. The van der Waals surface area contributed by atoms with Gasteiger partial charge in [0.1, 0.15) is 0 Å². The number of hydrogen-bond donors (Lipinski definition) is 1. The Morgan fingerprint density at radius 3 is 2.81 bits per heavy atom. The monoisotopic (exact) mass is 383 g/mol. The smallest absolute Gasteiger partial charge is 0.304 e. The fraction of sp³-hybridized carbons (Fsp3) is 0.125. The number of benzene rings is 1. The van der Waals surface area contributed by atoms with Crippen LogP contribution in [0.1, 0.15) is 0 Å². The number of nitrogens with one attached hydrogen (secondary N) is 1. The van der Waals surface area contributed by atoms with Gasteiger partial charge >= 0.3 is 5.69 Å². The number of aromatic nitrogens is 5. The maximum atomic E-state index is 12.1. The van der Waals surface area contributed by atoms with Crippen molar-refractivity contribution in [3.05, 3.63) is 47.0 Å². The number of rotatable bonds is 4. The third-order valence-electron chi connectivity index (χ3n) is 3.75. The second-order valence-electron chi connectivity index (χ2n) is 5.34. The van der Waals surface area contributed by atoms with Gasteiger partial charge in [0.05, 0.1) is 11.1 Å². The van der Waals surface area contributed by atoms with Crippen molar-refractivity contribution < 1.29 is 0 Å². The second kappa shape index (κ2) is 6.81. The summed E-state index contributed by atoms with van der Waals surface area (Å²) in [5.74, 6) is 0.449. The molecule has 26 heavy (non-hydrogen) atoms. The summed E-state index contributed by atoms with van der Waals surface area (Å²) in [6.07, 6.45) is 3.60. The maximum absolute atomic E-state index is 12.1. The number of imidazole rings is 1. The van der Waals surface area contributed by atoms with E-state index in [1.165, 1.54) is 27.9 Å². The summed E-state index contributed by atoms with van der Waals surface area (Å²) >= 11 is 2.65. The van der Waals surface area contributed by atoms with Crippen LogP contribution >= 0.6 is 23.3 Å². The highest BCUT2D eigenvalue weighted by molar-refractivity contribution is 7.98. The minimum atomic E-state index is -0.250. The largest absolute Gasteiger partial charge is 0.327 e. The molecule has 0 atom stereocenters. The van der Waals surface area contributed by atoms with E-state index < -0.39 is 0 Å². The van der Waals surface area contributed by atoms with E-state index in [4.69, 9.17) is 0 Å². The van der Waals surface area contributed by atoms with E-state index in [1.54, 1.807) is 13.2 Å². The summed E-state index contributed by atoms with van der Waals surface area (Å²) in [6.45, 7) is 0. The summed E-state index contributed by atoms with van der Waals surface area (Å²) in [5, 5.41) is 10.6. The van der Waals surface area contributed by atoms with Crippen LogP contribution < -0.4 is 5.69 Å². The van der Waals surface area contributed by atoms with Crippen LogP contribution in [0.3, 0.4) is 0 Å². The molecule has 0 saturated carbocycles. The number of hydrogen-bond acceptors (Lipinski definition) is 8. The van der Waals surface area contributed by atoms with Crippen LogP contribution in [-0.2, 0) is 7.05 Å². The van der Waals surface area contributed by atoms with Gasteiger partial charge in [0, 0.05) is 18.8 Å². The molecule has 3 aromatic heterocycles. The van der Waals surface area contributed by atoms with E-state index in [0.717, 1.165) is 10.9 Å². The van der Waals surface area contributed by atoms with Crippen LogP contribution in [-0.4, -0.2) is 30.1 Å². The first kappa shape index (κ1) is 16.6. The molecule has 0 aliphatic rings. The molecule has 0 bridgehead atoms. The van der Waals surface area contributed by atoms with Crippen molar-refractivity contribution in [3.8, 4) is 11.3 Å². The summed E-state index contributed by atoms with van der Waals surface area (Å²) in [6, 6.07) is 9.53. The highest BCUT2D eigenvalue weighted by Crippen LogP contribution is 2.33. The van der Waals surface area contributed by atoms with Crippen LogP contribution in [0.15, 0.2) is 56.7 Å². The van der Waals surface area contributed by atoms with E-state index >= 15 is 0 Å². The Morgan fingerprint density at radius 2 is 2.04 bits per heavy atom. The molecule has 130 valence electrons. The molecule has 0 radical (unpaired) electrons. The molecular weight excluding hydrogens is 370 g/mol. The van der Waals surface area contributed by atoms with Crippen molar-refractivity contribution in [1.82, 2.24) is 23.9 Å². The minimum absolute atomic E-state index is 0.250. The summed E-state index contributed by atoms with van der Waals surface area (Å²) < 4.78 is 5.72. The number of aromatic amines is 1. The Kier molecular flexibility index (Phi) is 4.35. The highest BCUT2D eigenvalue weighted by Gasteiger charge is 2.14. The van der Waals surface area contributed by atoms with Crippen molar-refractivity contribution in [3.63, 3.8) is 0 Å². The molecule has 0 amide bonds. The predicted molar refractivity (Wildman–Crippen MR) is 103 cm³/mol. The molecule has 0 aliphatic carbocycles. The van der Waals surface area contributed by atoms with E-state index in [2.05, 4.69) is 29.6 Å². The molecule has 0 unspecified atom stereocenters. The molecule has 3 heterocycles. The SMILES string of the molecule is CSc1ncc2c(N=Nc3c(-c4ccccc4)[nH]c(=O)n3C)snc2n1. The normalized spacial score (nSPS) is 11.6. The molecule has 8 nitrogen and oxygen atoms in total. The molecule has 4 aromatic rings. The minimum Gasteiger partial charge on any atom is -0.304 e. The van der Waals surface area contributed by atoms with Crippen LogP contribution in [0, 0.1) is 0 Å². The predicted octanol–water partition coefficient (Wildman–Crippen LogP) is 3.92. The summed E-state index contributed by atoms with van der Waals surface area (Å²) in [7, 11) is 1.65. The number of nitrogens with zero attached hydrogens (tertiary/aromatic N) is 6. The first-order chi connectivity index (χ1) is 12.7. The number of fused-ring (bicyclic) bond motifs is 1. The fourth-order valence-corrected chi connectivity index (χ4v) is 3.38. The zero-order chi connectivity index (χ0) is 18.1. The van der Waals surface area contributed by atoms with Crippen LogP contribution in [0.2, 0.25) is 0 Å². The van der Waals surface area contributed by atoms with E-state index in [9.17, 15) is 4.79 Å². The van der Waals surface area contributed by atoms with Gasteiger partial charge in [-0.2, -0.15) is 4.37 Å². The molecule has 1 aromatic carbocycles. The molecule has 10 heteroatoms. The standard InChI is InChI=1S/C16H13N7OS2/c1-23-13(11(18-16(23)24)9-6-4-3-5-7-9)20-21-14-10-8-17-15(25-2)19-12(10)22-26-14/h3-8H,1-2H3,(H,18,24). The van der Waals surface area contributed by atoms with Crippen molar-refractivity contribution >= 4 is 45.1 Å². The topological polar surface area (TPSA) is 101 Å². The Balaban J connectivity index is 1.77. The summed E-state index contributed by atoms with van der Waals surface area (Å²) in [5.41, 5.74) is 1.83. The zero-order valence-corrected chi connectivity index (χ0v) is 15.5. The molecule has 0 aliphatic heterocycles. The van der Waals surface area contributed by atoms with Crippen molar-refractivity contribution in [1.29, 1.82) is 0 Å². The highest BCUT2D eigenvalue weighted by atomic mass is 32.2. The lowest BCUT2D eigenvalue weighted by atomic mass is 10.1. The molecular formula is C16H13N7OS2. The van der Waals surface area contributed by atoms with E-state index in [0.29, 0.717) is 27.3 Å². The van der Waals surface area contributed by atoms with Crippen LogP contribution in [0.25, 0.3) is 22.3 Å². The van der Waals surface area contributed by atoms with Gasteiger partial charge in [-0.15, -0.1) is 10.2 Å². The number of H-pyrrole nitrogens is 1. The van der Waals surface area contributed by atoms with Gasteiger partial charge in [-0.3, -0.25) is 4.57 Å². The zero-order valence-electron chi connectivity index (χ0n) is 13.9.